The summed E-state index contributed by atoms with van der Waals surface area (Å²) in [6.45, 7) is -0.0251. The molecule has 2 heterocycles. The van der Waals surface area contributed by atoms with Crippen molar-refractivity contribution in [3.63, 3.8) is 0 Å². The highest BCUT2D eigenvalue weighted by Gasteiger charge is 2.39. The summed E-state index contributed by atoms with van der Waals surface area (Å²) in [6, 6.07) is 3.43. The van der Waals surface area contributed by atoms with Crippen molar-refractivity contribution in [2.75, 3.05) is 24.7 Å². The van der Waals surface area contributed by atoms with Crippen molar-refractivity contribution in [1.82, 2.24) is 5.43 Å². The number of ether oxygens (including phenoxy) is 1. The topological polar surface area (TPSA) is 74.2 Å². The number of hydrogen-bond donors (Lipinski definition) is 2. The lowest BCUT2D eigenvalue weighted by molar-refractivity contribution is -0.137. The van der Waals surface area contributed by atoms with E-state index in [1.54, 1.807) is 0 Å². The molecule has 3 rings (SSSR count). The van der Waals surface area contributed by atoms with Gasteiger partial charge in [0.2, 0.25) is 5.90 Å². The molecule has 1 fully saturated rings. The minimum absolute atomic E-state index is 0.0204. The van der Waals surface area contributed by atoms with Crippen LogP contribution in [0.3, 0.4) is 0 Å². The Hall–Kier alpha value is -2.29. The number of aliphatic hydroxyl groups is 1. The van der Waals surface area contributed by atoms with Crippen molar-refractivity contribution in [1.29, 1.82) is 0 Å². The summed E-state index contributed by atoms with van der Waals surface area (Å²) >= 11 is 0. The maximum Gasteiger partial charge on any atom is 0.418 e. The molecule has 0 radical (unpaired) electrons. The van der Waals surface area contributed by atoms with Gasteiger partial charge in [-0.3, -0.25) is 4.79 Å². The van der Waals surface area contributed by atoms with E-state index < -0.39 is 17.6 Å². The van der Waals surface area contributed by atoms with Crippen LogP contribution in [0.15, 0.2) is 23.3 Å². The van der Waals surface area contributed by atoms with Gasteiger partial charge >= 0.3 is 6.18 Å². The van der Waals surface area contributed by atoms with Gasteiger partial charge in [0.25, 0.3) is 5.91 Å². The SMILES string of the molecule is O=C1COC(c2ccc(N3CC[C@H]3CO)c(C(F)(F)F)c2)=NN1. The normalized spacial score (nSPS) is 21.2. The van der Waals surface area contributed by atoms with E-state index in [9.17, 15) is 23.1 Å². The minimum Gasteiger partial charge on any atom is -0.466 e. The van der Waals surface area contributed by atoms with Gasteiger partial charge in [-0.1, -0.05) is 0 Å². The van der Waals surface area contributed by atoms with E-state index in [4.69, 9.17) is 4.74 Å². The third kappa shape index (κ3) is 2.96. The number of anilines is 1. The van der Waals surface area contributed by atoms with E-state index in [0.717, 1.165) is 6.07 Å². The standard InChI is InChI=1S/C14H14F3N3O3/c15-14(16,17)10-5-8(13-19-18-12(22)7-23-13)1-2-11(10)20-4-3-9(20)6-21/h1-2,5,9,21H,3-4,6-7H2,(H,18,22)/t9-/m0/s1. The Morgan fingerprint density at radius 1 is 1.43 bits per heavy atom. The molecule has 0 aromatic heterocycles. The van der Waals surface area contributed by atoms with Gasteiger partial charge in [0.05, 0.1) is 18.2 Å². The number of nitrogens with zero attached hydrogens (tertiary/aromatic N) is 2. The zero-order valence-corrected chi connectivity index (χ0v) is 11.9. The van der Waals surface area contributed by atoms with Crippen LogP contribution in [-0.2, 0) is 15.7 Å². The zero-order chi connectivity index (χ0) is 16.6. The molecule has 2 aliphatic heterocycles. The second-order valence-electron chi connectivity index (χ2n) is 5.29. The molecule has 1 aromatic carbocycles. The van der Waals surface area contributed by atoms with Crippen molar-refractivity contribution < 1.29 is 27.8 Å². The monoisotopic (exact) mass is 329 g/mol. The summed E-state index contributed by atoms with van der Waals surface area (Å²) in [5, 5.41) is 12.8. The van der Waals surface area contributed by atoms with E-state index in [0.29, 0.717) is 13.0 Å². The third-order valence-electron chi connectivity index (χ3n) is 3.84. The summed E-state index contributed by atoms with van der Waals surface area (Å²) in [5.41, 5.74) is 1.49. The highest BCUT2D eigenvalue weighted by Crippen LogP contribution is 2.40. The molecule has 23 heavy (non-hydrogen) atoms. The van der Waals surface area contributed by atoms with Gasteiger partial charge in [0.15, 0.2) is 6.61 Å². The van der Waals surface area contributed by atoms with Gasteiger partial charge in [0, 0.05) is 17.8 Å². The molecular formula is C14H14F3N3O3. The van der Waals surface area contributed by atoms with Crippen molar-refractivity contribution in [3.8, 4) is 0 Å². The minimum atomic E-state index is -4.56. The molecule has 1 amide bonds. The summed E-state index contributed by atoms with van der Waals surface area (Å²) in [6.07, 6.45) is -3.91. The van der Waals surface area contributed by atoms with Crippen LogP contribution in [0.2, 0.25) is 0 Å². The van der Waals surface area contributed by atoms with Gasteiger partial charge in [-0.2, -0.15) is 13.2 Å². The number of rotatable bonds is 3. The molecule has 2 aliphatic rings. The summed E-state index contributed by atoms with van der Waals surface area (Å²) in [5.74, 6) is -0.531. The number of hydrogen-bond acceptors (Lipinski definition) is 5. The van der Waals surface area contributed by atoms with E-state index in [2.05, 4.69) is 10.5 Å². The van der Waals surface area contributed by atoms with E-state index >= 15 is 0 Å². The molecule has 0 spiro atoms. The number of halogens is 3. The van der Waals surface area contributed by atoms with Gasteiger partial charge in [0.1, 0.15) is 0 Å². The fourth-order valence-electron chi connectivity index (χ4n) is 2.55. The quantitative estimate of drug-likeness (QED) is 0.870. The lowest BCUT2D eigenvalue weighted by Crippen LogP contribution is -2.50. The first-order valence-corrected chi connectivity index (χ1v) is 6.98. The van der Waals surface area contributed by atoms with Crippen LogP contribution in [0.25, 0.3) is 0 Å². The van der Waals surface area contributed by atoms with E-state index in [-0.39, 0.29) is 36.4 Å². The van der Waals surface area contributed by atoms with Crippen LogP contribution in [0, 0.1) is 0 Å². The fraction of sp³-hybridized carbons (Fsp3) is 0.429. The molecule has 124 valence electrons. The highest BCUT2D eigenvalue weighted by atomic mass is 19.4. The first-order chi connectivity index (χ1) is 10.9. The molecule has 0 saturated carbocycles. The molecule has 0 aliphatic carbocycles. The van der Waals surface area contributed by atoms with Crippen molar-refractivity contribution in [2.24, 2.45) is 5.10 Å². The predicted octanol–water partition coefficient (Wildman–Crippen LogP) is 1.08. The Balaban J connectivity index is 1.98. The van der Waals surface area contributed by atoms with Crippen LogP contribution in [0.4, 0.5) is 18.9 Å². The third-order valence-corrected chi connectivity index (χ3v) is 3.84. The maximum absolute atomic E-state index is 13.4. The Labute approximate surface area is 129 Å². The average molecular weight is 329 g/mol. The Kier molecular flexibility index (Phi) is 3.88. The van der Waals surface area contributed by atoms with Crippen molar-refractivity contribution in [3.05, 3.63) is 29.3 Å². The number of amides is 1. The number of nitrogens with one attached hydrogen (secondary N) is 1. The Morgan fingerprint density at radius 2 is 2.22 bits per heavy atom. The van der Waals surface area contributed by atoms with Crippen LogP contribution >= 0.6 is 0 Å². The lowest BCUT2D eigenvalue weighted by atomic mass is 9.98. The van der Waals surface area contributed by atoms with Crippen LogP contribution in [-0.4, -0.2) is 42.7 Å². The molecule has 2 N–H and O–H groups in total. The first kappa shape index (κ1) is 15.6. The number of carbonyl (C=O) groups is 1. The van der Waals surface area contributed by atoms with Gasteiger partial charge in [-0.15, -0.1) is 5.10 Å². The van der Waals surface area contributed by atoms with Gasteiger partial charge in [-0.05, 0) is 24.6 Å². The molecule has 1 aromatic rings. The number of aliphatic hydroxyl groups excluding tert-OH is 1. The molecule has 0 bridgehead atoms. The highest BCUT2D eigenvalue weighted by molar-refractivity contribution is 5.98. The molecule has 1 saturated heterocycles. The van der Waals surface area contributed by atoms with Crippen LogP contribution in [0.5, 0.6) is 0 Å². The number of alkyl halides is 3. The Morgan fingerprint density at radius 3 is 2.74 bits per heavy atom. The maximum atomic E-state index is 13.4. The summed E-state index contributed by atoms with van der Waals surface area (Å²) in [7, 11) is 0. The Bertz CT molecular complexity index is 658. The van der Waals surface area contributed by atoms with E-state index in [1.165, 1.54) is 17.0 Å². The molecule has 0 unspecified atom stereocenters. The molecule has 1 atom stereocenters. The van der Waals surface area contributed by atoms with E-state index in [1.807, 2.05) is 0 Å². The first-order valence-electron chi connectivity index (χ1n) is 6.98. The van der Waals surface area contributed by atoms with Crippen molar-refractivity contribution >= 4 is 17.5 Å². The number of carbonyl (C=O) groups excluding carboxylic acids is 1. The van der Waals surface area contributed by atoms with Crippen molar-refractivity contribution in [2.45, 2.75) is 18.6 Å². The molecule has 6 nitrogen and oxygen atoms in total. The van der Waals surface area contributed by atoms with Crippen LogP contribution < -0.4 is 10.3 Å². The second kappa shape index (κ2) is 5.73. The number of benzene rings is 1. The molecule has 9 heteroatoms. The van der Waals surface area contributed by atoms with Gasteiger partial charge < -0.3 is 14.7 Å². The average Bonchev–Trinajstić information content (AvgIpc) is 2.47. The smallest absolute Gasteiger partial charge is 0.418 e. The lowest BCUT2D eigenvalue weighted by Gasteiger charge is -2.43. The zero-order valence-electron chi connectivity index (χ0n) is 11.9. The fourth-order valence-corrected chi connectivity index (χ4v) is 2.55. The van der Waals surface area contributed by atoms with Gasteiger partial charge in [-0.25, -0.2) is 5.43 Å². The molecular weight excluding hydrogens is 315 g/mol. The van der Waals surface area contributed by atoms with Crippen LogP contribution in [0.1, 0.15) is 17.5 Å². The summed E-state index contributed by atoms with van der Waals surface area (Å²) in [4.78, 5) is 12.5. The second-order valence-corrected chi connectivity index (χ2v) is 5.29. The number of hydrazone groups is 1. The predicted molar refractivity (Wildman–Crippen MR) is 74.9 cm³/mol. The largest absolute Gasteiger partial charge is 0.466 e. The summed E-state index contributed by atoms with van der Waals surface area (Å²) < 4.78 is 45.2.